The van der Waals surface area contributed by atoms with E-state index in [2.05, 4.69) is 9.71 Å². The number of hydrogen-bond acceptors (Lipinski definition) is 2. The number of aromatic nitrogens is 1. The van der Waals surface area contributed by atoms with Crippen LogP contribution in [0.15, 0.2) is 59.6 Å². The zero-order chi connectivity index (χ0) is 17.4. The maximum Gasteiger partial charge on any atom is 0.416 e. The van der Waals surface area contributed by atoms with Crippen molar-refractivity contribution in [3.63, 3.8) is 0 Å². The molecule has 0 fully saturated rings. The van der Waals surface area contributed by atoms with Crippen LogP contribution < -0.4 is 4.72 Å². The summed E-state index contributed by atoms with van der Waals surface area (Å²) in [6.45, 7) is -0.0203. The maximum atomic E-state index is 12.7. The van der Waals surface area contributed by atoms with Crippen LogP contribution in [0.1, 0.15) is 11.1 Å². The Morgan fingerprint density at radius 2 is 1.83 bits per heavy atom. The highest BCUT2D eigenvalue weighted by Gasteiger charge is 2.31. The molecule has 1 aromatic heterocycles. The molecule has 1 heterocycles. The van der Waals surface area contributed by atoms with Gasteiger partial charge in [-0.05, 0) is 41.3 Å². The Bertz CT molecular complexity index is 978. The van der Waals surface area contributed by atoms with Gasteiger partial charge < -0.3 is 4.98 Å². The van der Waals surface area contributed by atoms with Gasteiger partial charge >= 0.3 is 6.18 Å². The number of H-pyrrole nitrogens is 1. The number of aromatic amines is 1. The minimum Gasteiger partial charge on any atom is -0.361 e. The van der Waals surface area contributed by atoms with E-state index < -0.39 is 26.7 Å². The number of benzene rings is 2. The van der Waals surface area contributed by atoms with Crippen LogP contribution in [0.3, 0.4) is 0 Å². The van der Waals surface area contributed by atoms with Gasteiger partial charge in [0.2, 0.25) is 10.0 Å². The van der Waals surface area contributed by atoms with E-state index in [1.165, 1.54) is 0 Å². The third kappa shape index (κ3) is 3.44. The number of sulfonamides is 1. The Hall–Kier alpha value is -2.32. The van der Waals surface area contributed by atoms with Crippen LogP contribution in [0.2, 0.25) is 0 Å². The molecule has 2 N–H and O–H groups in total. The van der Waals surface area contributed by atoms with Crippen LogP contribution in [0.25, 0.3) is 10.9 Å². The first-order valence-electron chi connectivity index (χ1n) is 6.99. The standard InChI is InChI=1S/C16H13F3N2O2S/c17-16(18,19)13-2-1-3-14(9-13)24(22,23)21-10-11-4-5-12-6-7-20-15(12)8-11/h1-9,20-21H,10H2. The molecule has 0 spiro atoms. The van der Waals surface area contributed by atoms with Crippen molar-refractivity contribution in [2.75, 3.05) is 0 Å². The number of rotatable bonds is 4. The summed E-state index contributed by atoms with van der Waals surface area (Å²) >= 11 is 0. The van der Waals surface area contributed by atoms with Gasteiger partial charge in [0.15, 0.2) is 0 Å². The van der Waals surface area contributed by atoms with Crippen molar-refractivity contribution in [2.45, 2.75) is 17.6 Å². The van der Waals surface area contributed by atoms with Crippen molar-refractivity contribution in [3.05, 3.63) is 65.9 Å². The van der Waals surface area contributed by atoms with Gasteiger partial charge in [0.05, 0.1) is 10.5 Å². The number of halogens is 3. The Kier molecular flexibility index (Phi) is 4.10. The summed E-state index contributed by atoms with van der Waals surface area (Å²) in [5.74, 6) is 0. The molecule has 0 unspecified atom stereocenters. The van der Waals surface area contributed by atoms with E-state index in [0.29, 0.717) is 11.6 Å². The molecule has 0 aliphatic carbocycles. The zero-order valence-electron chi connectivity index (χ0n) is 12.3. The first-order chi connectivity index (χ1) is 11.3. The number of hydrogen-bond donors (Lipinski definition) is 2. The minimum atomic E-state index is -4.59. The monoisotopic (exact) mass is 354 g/mol. The average Bonchev–Trinajstić information content (AvgIpc) is 3.00. The molecular formula is C16H13F3N2O2S. The number of fused-ring (bicyclic) bond motifs is 1. The maximum absolute atomic E-state index is 12.7. The molecule has 0 aliphatic rings. The van der Waals surface area contributed by atoms with Crippen molar-refractivity contribution >= 4 is 20.9 Å². The lowest BCUT2D eigenvalue weighted by molar-refractivity contribution is -0.137. The molecule has 4 nitrogen and oxygen atoms in total. The van der Waals surface area contributed by atoms with Crippen LogP contribution in [0.5, 0.6) is 0 Å². The van der Waals surface area contributed by atoms with E-state index in [9.17, 15) is 21.6 Å². The summed E-state index contributed by atoms with van der Waals surface area (Å²) in [6, 6.07) is 10.9. The van der Waals surface area contributed by atoms with Gasteiger partial charge in [0, 0.05) is 18.3 Å². The molecule has 2 aromatic carbocycles. The van der Waals surface area contributed by atoms with Gasteiger partial charge in [-0.1, -0.05) is 18.2 Å². The molecule has 0 bridgehead atoms. The molecule has 0 atom stereocenters. The molecule has 0 saturated carbocycles. The topological polar surface area (TPSA) is 62.0 Å². The molecule has 0 radical (unpaired) electrons. The lowest BCUT2D eigenvalue weighted by atomic mass is 10.2. The SMILES string of the molecule is O=S(=O)(NCc1ccc2cc[nH]c2c1)c1cccc(C(F)(F)F)c1. The Morgan fingerprint density at radius 3 is 2.58 bits per heavy atom. The van der Waals surface area contributed by atoms with Crippen LogP contribution in [0, 0.1) is 0 Å². The Balaban J connectivity index is 1.81. The highest BCUT2D eigenvalue weighted by Crippen LogP contribution is 2.30. The first-order valence-corrected chi connectivity index (χ1v) is 8.47. The molecule has 24 heavy (non-hydrogen) atoms. The Morgan fingerprint density at radius 1 is 1.04 bits per heavy atom. The third-order valence-corrected chi connectivity index (χ3v) is 4.96. The molecule has 0 saturated heterocycles. The van der Waals surface area contributed by atoms with E-state index in [-0.39, 0.29) is 6.54 Å². The van der Waals surface area contributed by atoms with Gasteiger partial charge in [0.1, 0.15) is 0 Å². The van der Waals surface area contributed by atoms with Crippen LogP contribution in [-0.2, 0) is 22.7 Å². The Labute approximate surface area is 136 Å². The summed E-state index contributed by atoms with van der Waals surface area (Å²) in [6.07, 6.45) is -2.83. The summed E-state index contributed by atoms with van der Waals surface area (Å²) in [5, 5.41) is 0.986. The molecule has 8 heteroatoms. The van der Waals surface area contributed by atoms with E-state index in [1.807, 2.05) is 12.1 Å². The second kappa shape index (κ2) is 5.95. The van der Waals surface area contributed by atoms with Gasteiger partial charge in [-0.3, -0.25) is 0 Å². The van der Waals surface area contributed by atoms with Crippen LogP contribution >= 0.6 is 0 Å². The second-order valence-corrected chi connectivity index (χ2v) is 7.02. The van der Waals surface area contributed by atoms with E-state index in [4.69, 9.17) is 0 Å². The van der Waals surface area contributed by atoms with Gasteiger partial charge in [-0.2, -0.15) is 13.2 Å². The zero-order valence-corrected chi connectivity index (χ0v) is 13.1. The minimum absolute atomic E-state index is 0.0203. The fraction of sp³-hybridized carbons (Fsp3) is 0.125. The van der Waals surface area contributed by atoms with E-state index in [1.54, 1.807) is 18.3 Å². The smallest absolute Gasteiger partial charge is 0.361 e. The van der Waals surface area contributed by atoms with E-state index >= 15 is 0 Å². The predicted octanol–water partition coefficient (Wildman–Crippen LogP) is 3.67. The largest absolute Gasteiger partial charge is 0.416 e. The number of alkyl halides is 3. The predicted molar refractivity (Wildman–Crippen MR) is 83.8 cm³/mol. The second-order valence-electron chi connectivity index (χ2n) is 5.25. The molecule has 0 amide bonds. The van der Waals surface area contributed by atoms with Crippen molar-refractivity contribution in [2.24, 2.45) is 0 Å². The summed E-state index contributed by atoms with van der Waals surface area (Å²) < 4.78 is 64.9. The van der Waals surface area contributed by atoms with Crippen molar-refractivity contribution in [3.8, 4) is 0 Å². The number of nitrogens with one attached hydrogen (secondary N) is 2. The van der Waals surface area contributed by atoms with Gasteiger partial charge in [0.25, 0.3) is 0 Å². The molecule has 0 aliphatic heterocycles. The molecule has 126 valence electrons. The van der Waals surface area contributed by atoms with Crippen LogP contribution in [0.4, 0.5) is 13.2 Å². The van der Waals surface area contributed by atoms with Crippen molar-refractivity contribution < 1.29 is 21.6 Å². The fourth-order valence-corrected chi connectivity index (χ4v) is 3.37. The molecular weight excluding hydrogens is 341 g/mol. The van der Waals surface area contributed by atoms with Crippen LogP contribution in [-0.4, -0.2) is 13.4 Å². The lowest BCUT2D eigenvalue weighted by Crippen LogP contribution is -2.23. The highest BCUT2D eigenvalue weighted by atomic mass is 32.2. The summed E-state index contributed by atoms with van der Waals surface area (Å²) in [4.78, 5) is 2.59. The molecule has 3 rings (SSSR count). The highest BCUT2D eigenvalue weighted by molar-refractivity contribution is 7.89. The molecule has 3 aromatic rings. The first kappa shape index (κ1) is 16.5. The van der Waals surface area contributed by atoms with Gasteiger partial charge in [-0.15, -0.1) is 0 Å². The average molecular weight is 354 g/mol. The van der Waals surface area contributed by atoms with Crippen molar-refractivity contribution in [1.82, 2.24) is 9.71 Å². The van der Waals surface area contributed by atoms with Gasteiger partial charge in [-0.25, -0.2) is 13.1 Å². The third-order valence-electron chi connectivity index (χ3n) is 3.56. The summed E-state index contributed by atoms with van der Waals surface area (Å²) in [5.41, 5.74) is 0.546. The summed E-state index contributed by atoms with van der Waals surface area (Å²) in [7, 11) is -4.04. The quantitative estimate of drug-likeness (QED) is 0.751. The lowest BCUT2D eigenvalue weighted by Gasteiger charge is -2.10. The van der Waals surface area contributed by atoms with E-state index in [0.717, 1.165) is 29.1 Å². The normalized spacial score (nSPS) is 12.6. The fourth-order valence-electron chi connectivity index (χ4n) is 2.31. The van der Waals surface area contributed by atoms with Crippen molar-refractivity contribution in [1.29, 1.82) is 0 Å².